The average molecular weight is 1090 g/mol. The molecule has 0 radical (unpaired) electrons. The Hall–Kier alpha value is -1.94. The fourth-order valence-corrected chi connectivity index (χ4v) is 9.44. The molecule has 0 aromatic heterocycles. The molecule has 17 nitrogen and oxygen atoms in total. The van der Waals surface area contributed by atoms with Crippen molar-refractivity contribution in [2.45, 2.75) is 284 Å². The molecule has 0 amide bonds. The lowest BCUT2D eigenvalue weighted by atomic mass is 10.0. The Morgan fingerprint density at radius 3 is 0.808 bits per heavy atom. The molecule has 0 spiro atoms. The lowest BCUT2D eigenvalue weighted by molar-refractivity contribution is -0.161. The summed E-state index contributed by atoms with van der Waals surface area (Å²) in [5.41, 5.74) is 0. The topological polar surface area (TPSA) is 237 Å². The van der Waals surface area contributed by atoms with Crippen molar-refractivity contribution in [1.29, 1.82) is 0 Å². The van der Waals surface area contributed by atoms with Gasteiger partial charge in [0, 0.05) is 25.7 Å². The number of esters is 4. The first-order chi connectivity index (χ1) is 35.2. The molecule has 2 unspecified atom stereocenters. The molecule has 0 aromatic carbocycles. The van der Waals surface area contributed by atoms with Crippen LogP contribution in [0.4, 0.5) is 0 Å². The van der Waals surface area contributed by atoms with Crippen molar-refractivity contribution in [3.63, 3.8) is 0 Å². The standard InChI is InChI=1S/C54H104O17P2/c1-5-9-13-17-20-22-23-24-25-26-29-33-37-41-54(59)71-50(45-65-52(57)39-35-31-28-21-18-14-10-6-2)47-69-73(62,63)67-43-48(55)42-66-72(60,61)68-46-49(44-64-51(56)38-34-30-16-12-8-4)70-53(58)40-36-32-27-19-15-11-7-3/h48-50,55H,5-47H2,1-4H3,(H,60,61)(H,62,63)/t48-,49+,50+/m0/s1. The van der Waals surface area contributed by atoms with E-state index in [2.05, 4.69) is 27.7 Å². The Morgan fingerprint density at radius 2 is 0.548 bits per heavy atom. The summed E-state index contributed by atoms with van der Waals surface area (Å²) >= 11 is 0. The minimum Gasteiger partial charge on any atom is -0.462 e. The highest BCUT2D eigenvalue weighted by molar-refractivity contribution is 7.47. The molecule has 0 aliphatic rings. The highest BCUT2D eigenvalue weighted by Crippen LogP contribution is 2.45. The molecule has 0 aromatic rings. The van der Waals surface area contributed by atoms with E-state index in [0.29, 0.717) is 25.7 Å². The number of carbonyl (C=O) groups excluding carboxylic acids is 4. The number of phosphoric acid groups is 2. The Morgan fingerprint density at radius 1 is 0.329 bits per heavy atom. The van der Waals surface area contributed by atoms with Crippen molar-refractivity contribution in [2.24, 2.45) is 0 Å². The predicted octanol–water partition coefficient (Wildman–Crippen LogP) is 14.0. The van der Waals surface area contributed by atoms with Gasteiger partial charge in [-0.2, -0.15) is 0 Å². The van der Waals surface area contributed by atoms with Crippen LogP contribution in [-0.4, -0.2) is 96.7 Å². The maximum atomic E-state index is 12.9. The summed E-state index contributed by atoms with van der Waals surface area (Å²) in [6.07, 6.45) is 31.2. The molecule has 5 atom stereocenters. The van der Waals surface area contributed by atoms with E-state index in [-0.39, 0.29) is 25.7 Å². The summed E-state index contributed by atoms with van der Waals surface area (Å²) in [6.45, 7) is 4.66. The van der Waals surface area contributed by atoms with E-state index in [9.17, 15) is 43.2 Å². The highest BCUT2D eigenvalue weighted by Gasteiger charge is 2.30. The molecule has 0 saturated carbocycles. The second kappa shape index (κ2) is 49.6. The zero-order chi connectivity index (χ0) is 54.1. The third-order valence-electron chi connectivity index (χ3n) is 12.4. The molecular weight excluding hydrogens is 983 g/mol. The number of hydrogen-bond acceptors (Lipinski definition) is 15. The van der Waals surface area contributed by atoms with E-state index in [1.807, 2.05) is 0 Å². The van der Waals surface area contributed by atoms with Crippen molar-refractivity contribution < 1.29 is 80.2 Å². The number of carbonyl (C=O) groups is 4. The van der Waals surface area contributed by atoms with Crippen molar-refractivity contribution >= 4 is 39.5 Å². The largest absolute Gasteiger partial charge is 0.472 e. The van der Waals surface area contributed by atoms with Gasteiger partial charge in [-0.05, 0) is 25.7 Å². The van der Waals surface area contributed by atoms with Gasteiger partial charge in [-0.3, -0.25) is 37.3 Å². The molecule has 0 bridgehead atoms. The van der Waals surface area contributed by atoms with Crippen molar-refractivity contribution in [1.82, 2.24) is 0 Å². The summed E-state index contributed by atoms with van der Waals surface area (Å²) in [7, 11) is -9.85. The van der Waals surface area contributed by atoms with Gasteiger partial charge in [0.25, 0.3) is 0 Å². The molecular formula is C54H104O17P2. The first-order valence-corrected chi connectivity index (χ1v) is 31.8. The smallest absolute Gasteiger partial charge is 0.462 e. The van der Waals surface area contributed by atoms with Crippen LogP contribution in [0.25, 0.3) is 0 Å². The number of ether oxygens (including phenoxy) is 4. The van der Waals surface area contributed by atoms with Crippen LogP contribution < -0.4 is 0 Å². The number of aliphatic hydroxyl groups excluding tert-OH is 1. The SMILES string of the molecule is CCCCCCCCCCCCCCCC(=O)O[C@H](COC(=O)CCCCCCCCCC)COP(=O)(O)OC[C@@H](O)COP(=O)(O)OC[C@@H](COC(=O)CCCCCCC)OC(=O)CCCCCCCCC. The van der Waals surface area contributed by atoms with Gasteiger partial charge in [-0.25, -0.2) is 9.13 Å². The summed E-state index contributed by atoms with van der Waals surface area (Å²) < 4.78 is 67.2. The third-order valence-corrected chi connectivity index (χ3v) is 14.3. The number of phosphoric ester groups is 2. The van der Waals surface area contributed by atoms with Crippen LogP contribution in [0.5, 0.6) is 0 Å². The predicted molar refractivity (Wildman–Crippen MR) is 285 cm³/mol. The molecule has 0 fully saturated rings. The van der Waals surface area contributed by atoms with E-state index in [1.165, 1.54) is 70.6 Å². The van der Waals surface area contributed by atoms with Gasteiger partial charge in [-0.1, -0.05) is 214 Å². The molecule has 19 heteroatoms. The van der Waals surface area contributed by atoms with Crippen LogP contribution in [0.15, 0.2) is 0 Å². The Bertz CT molecular complexity index is 1440. The zero-order valence-electron chi connectivity index (χ0n) is 46.1. The van der Waals surface area contributed by atoms with Gasteiger partial charge in [0.1, 0.15) is 19.3 Å². The maximum Gasteiger partial charge on any atom is 0.472 e. The molecule has 0 rings (SSSR count). The van der Waals surface area contributed by atoms with Crippen LogP contribution in [-0.2, 0) is 65.4 Å². The summed E-state index contributed by atoms with van der Waals surface area (Å²) in [4.78, 5) is 71.3. The second-order valence-electron chi connectivity index (χ2n) is 19.6. The van der Waals surface area contributed by atoms with E-state index < -0.39 is 97.5 Å². The maximum absolute atomic E-state index is 12.9. The molecule has 0 aliphatic heterocycles. The van der Waals surface area contributed by atoms with Crippen molar-refractivity contribution in [2.75, 3.05) is 39.6 Å². The first-order valence-electron chi connectivity index (χ1n) is 28.8. The number of rotatable bonds is 55. The highest BCUT2D eigenvalue weighted by atomic mass is 31.2. The van der Waals surface area contributed by atoms with E-state index in [0.717, 1.165) is 116 Å². The van der Waals surface area contributed by atoms with E-state index >= 15 is 0 Å². The Labute approximate surface area is 441 Å². The molecule has 0 heterocycles. The van der Waals surface area contributed by atoms with Gasteiger partial charge < -0.3 is 33.8 Å². The second-order valence-corrected chi connectivity index (χ2v) is 22.5. The van der Waals surface area contributed by atoms with Crippen molar-refractivity contribution in [3.8, 4) is 0 Å². The van der Waals surface area contributed by atoms with Gasteiger partial charge in [0.05, 0.1) is 26.4 Å². The van der Waals surface area contributed by atoms with Gasteiger partial charge in [0.2, 0.25) is 0 Å². The summed E-state index contributed by atoms with van der Waals surface area (Å²) in [6, 6.07) is 0. The lowest BCUT2D eigenvalue weighted by Crippen LogP contribution is -2.30. The van der Waals surface area contributed by atoms with Gasteiger partial charge in [-0.15, -0.1) is 0 Å². The zero-order valence-corrected chi connectivity index (χ0v) is 47.9. The third kappa shape index (κ3) is 49.4. The average Bonchev–Trinajstić information content (AvgIpc) is 3.36. The van der Waals surface area contributed by atoms with Gasteiger partial charge >= 0.3 is 39.5 Å². The first kappa shape index (κ1) is 71.1. The Balaban J connectivity index is 5.15. The molecule has 432 valence electrons. The minimum atomic E-state index is -4.93. The van der Waals surface area contributed by atoms with Crippen LogP contribution in [0.3, 0.4) is 0 Å². The normalized spacial score (nSPS) is 14.5. The van der Waals surface area contributed by atoms with Crippen LogP contribution in [0.1, 0.15) is 265 Å². The molecule has 3 N–H and O–H groups in total. The lowest BCUT2D eigenvalue weighted by Gasteiger charge is -2.21. The minimum absolute atomic E-state index is 0.103. The monoisotopic (exact) mass is 1090 g/mol. The fraction of sp³-hybridized carbons (Fsp3) is 0.926. The Kier molecular flexibility index (Phi) is 48.3. The fourth-order valence-electron chi connectivity index (χ4n) is 7.87. The van der Waals surface area contributed by atoms with Crippen molar-refractivity contribution in [3.05, 3.63) is 0 Å². The summed E-state index contributed by atoms with van der Waals surface area (Å²) in [5, 5.41) is 10.4. The van der Waals surface area contributed by atoms with Crippen LogP contribution >= 0.6 is 15.6 Å². The van der Waals surface area contributed by atoms with Gasteiger partial charge in [0.15, 0.2) is 12.2 Å². The quantitative estimate of drug-likeness (QED) is 0.0222. The van der Waals surface area contributed by atoms with Crippen LogP contribution in [0, 0.1) is 0 Å². The number of hydrogen-bond donors (Lipinski definition) is 3. The summed E-state index contributed by atoms with van der Waals surface area (Å²) in [5.74, 6) is -2.16. The number of unbranched alkanes of at least 4 members (excludes halogenated alkanes) is 29. The van der Waals surface area contributed by atoms with Crippen LogP contribution in [0.2, 0.25) is 0 Å². The molecule has 73 heavy (non-hydrogen) atoms. The van der Waals surface area contributed by atoms with E-state index in [4.69, 9.17) is 37.0 Å². The number of aliphatic hydroxyl groups is 1. The molecule has 0 saturated heterocycles. The van der Waals surface area contributed by atoms with E-state index in [1.54, 1.807) is 0 Å². The molecule has 0 aliphatic carbocycles.